The maximum atomic E-state index is 10.3. The number of carbonyl (C=O) groups excluding carboxylic acids is 1. The molecule has 1 aliphatic rings. The standard InChI is InChI=1S/C10H12O/c1-8(7-11)6-10-5-3-4-9(10)2/h3-5,7,9H,1,6H2,2H3. The molecule has 0 fully saturated rings. The molecule has 0 aromatic heterocycles. The van der Waals surface area contributed by atoms with Gasteiger partial charge < -0.3 is 0 Å². The van der Waals surface area contributed by atoms with Gasteiger partial charge in [0.15, 0.2) is 0 Å². The van der Waals surface area contributed by atoms with Gasteiger partial charge in [-0.2, -0.15) is 0 Å². The van der Waals surface area contributed by atoms with Gasteiger partial charge >= 0.3 is 0 Å². The Morgan fingerprint density at radius 2 is 2.55 bits per heavy atom. The number of carbonyl (C=O) groups is 1. The molecule has 0 radical (unpaired) electrons. The second kappa shape index (κ2) is 3.33. The third-order valence-corrected chi connectivity index (χ3v) is 1.89. The molecule has 0 aromatic carbocycles. The zero-order chi connectivity index (χ0) is 8.27. The van der Waals surface area contributed by atoms with Crippen molar-refractivity contribution < 1.29 is 4.79 Å². The summed E-state index contributed by atoms with van der Waals surface area (Å²) in [5.41, 5.74) is 1.94. The molecule has 0 spiro atoms. The number of aldehydes is 1. The van der Waals surface area contributed by atoms with Crippen molar-refractivity contribution >= 4 is 6.29 Å². The first-order valence-electron chi connectivity index (χ1n) is 3.74. The van der Waals surface area contributed by atoms with Crippen LogP contribution in [0.3, 0.4) is 0 Å². The summed E-state index contributed by atoms with van der Waals surface area (Å²) in [5.74, 6) is 0.478. The summed E-state index contributed by atoms with van der Waals surface area (Å²) in [7, 11) is 0. The van der Waals surface area contributed by atoms with Crippen molar-refractivity contribution in [2.24, 2.45) is 5.92 Å². The normalized spacial score (nSPS) is 21.5. The highest BCUT2D eigenvalue weighted by Gasteiger charge is 2.09. The van der Waals surface area contributed by atoms with Crippen molar-refractivity contribution in [2.75, 3.05) is 0 Å². The van der Waals surface area contributed by atoms with Gasteiger partial charge in [-0.25, -0.2) is 0 Å². The van der Waals surface area contributed by atoms with E-state index in [0.29, 0.717) is 11.5 Å². The molecule has 1 nitrogen and oxygen atoms in total. The van der Waals surface area contributed by atoms with E-state index in [-0.39, 0.29) is 0 Å². The van der Waals surface area contributed by atoms with Crippen molar-refractivity contribution in [2.45, 2.75) is 13.3 Å². The van der Waals surface area contributed by atoms with E-state index >= 15 is 0 Å². The molecule has 0 heterocycles. The molecule has 0 aromatic rings. The Bertz CT molecular complexity index is 233. The summed E-state index contributed by atoms with van der Waals surface area (Å²) in [6, 6.07) is 0. The number of allylic oxidation sites excluding steroid dienone is 5. The van der Waals surface area contributed by atoms with E-state index < -0.39 is 0 Å². The Labute approximate surface area is 67.1 Å². The molecule has 1 rings (SSSR count). The highest BCUT2D eigenvalue weighted by Crippen LogP contribution is 2.23. The monoisotopic (exact) mass is 148 g/mol. The lowest BCUT2D eigenvalue weighted by atomic mass is 9.99. The van der Waals surface area contributed by atoms with E-state index in [1.807, 2.05) is 6.08 Å². The lowest BCUT2D eigenvalue weighted by Gasteiger charge is -2.06. The first-order chi connectivity index (χ1) is 5.24. The molecule has 11 heavy (non-hydrogen) atoms. The van der Waals surface area contributed by atoms with Crippen molar-refractivity contribution in [1.29, 1.82) is 0 Å². The van der Waals surface area contributed by atoms with Crippen LogP contribution >= 0.6 is 0 Å². The second-order valence-electron chi connectivity index (χ2n) is 2.87. The average Bonchev–Trinajstić information content (AvgIpc) is 2.37. The van der Waals surface area contributed by atoms with Gasteiger partial charge in [-0.1, -0.05) is 37.3 Å². The predicted molar refractivity (Wildman–Crippen MR) is 46.2 cm³/mol. The van der Waals surface area contributed by atoms with Crippen LogP contribution in [0.1, 0.15) is 13.3 Å². The molecule has 0 amide bonds. The fourth-order valence-electron chi connectivity index (χ4n) is 1.14. The Balaban J connectivity index is 2.52. The summed E-state index contributed by atoms with van der Waals surface area (Å²) in [5, 5.41) is 0. The van der Waals surface area contributed by atoms with Crippen LogP contribution in [0.5, 0.6) is 0 Å². The van der Waals surface area contributed by atoms with Crippen LogP contribution in [0.4, 0.5) is 0 Å². The molecular weight excluding hydrogens is 136 g/mol. The molecule has 1 heteroatoms. The Morgan fingerprint density at radius 3 is 3.00 bits per heavy atom. The minimum Gasteiger partial charge on any atom is -0.298 e. The van der Waals surface area contributed by atoms with Gasteiger partial charge in [-0.05, 0) is 17.9 Å². The maximum absolute atomic E-state index is 10.3. The van der Waals surface area contributed by atoms with Gasteiger partial charge in [-0.15, -0.1) is 0 Å². The van der Waals surface area contributed by atoms with Gasteiger partial charge in [0.1, 0.15) is 6.29 Å². The fourth-order valence-corrected chi connectivity index (χ4v) is 1.14. The molecular formula is C10H12O. The molecule has 1 unspecified atom stereocenters. The highest BCUT2D eigenvalue weighted by molar-refractivity contribution is 5.73. The topological polar surface area (TPSA) is 17.1 Å². The number of hydrogen-bond acceptors (Lipinski definition) is 1. The van der Waals surface area contributed by atoms with Crippen molar-refractivity contribution in [1.82, 2.24) is 0 Å². The molecule has 0 aliphatic heterocycles. The summed E-state index contributed by atoms with van der Waals surface area (Å²) in [6.07, 6.45) is 7.74. The largest absolute Gasteiger partial charge is 0.298 e. The van der Waals surface area contributed by atoms with Crippen LogP contribution in [0, 0.1) is 5.92 Å². The smallest absolute Gasteiger partial charge is 0.145 e. The van der Waals surface area contributed by atoms with Crippen LogP contribution in [-0.2, 0) is 4.79 Å². The van der Waals surface area contributed by atoms with E-state index in [1.54, 1.807) is 0 Å². The van der Waals surface area contributed by atoms with E-state index in [9.17, 15) is 4.79 Å². The lowest BCUT2D eigenvalue weighted by molar-refractivity contribution is -0.104. The number of hydrogen-bond donors (Lipinski definition) is 0. The predicted octanol–water partition coefficient (Wildman–Crippen LogP) is 2.26. The van der Waals surface area contributed by atoms with Crippen molar-refractivity contribution in [3.8, 4) is 0 Å². The van der Waals surface area contributed by atoms with Crippen LogP contribution in [-0.4, -0.2) is 6.29 Å². The molecule has 1 aliphatic carbocycles. The molecule has 0 bridgehead atoms. The first-order valence-corrected chi connectivity index (χ1v) is 3.74. The van der Waals surface area contributed by atoms with Crippen LogP contribution < -0.4 is 0 Å². The molecule has 0 N–H and O–H groups in total. The van der Waals surface area contributed by atoms with Crippen molar-refractivity contribution in [3.05, 3.63) is 36.0 Å². The SMILES string of the molecule is C=C(C=O)CC1=CC=CC1C. The van der Waals surface area contributed by atoms with Crippen LogP contribution in [0.15, 0.2) is 36.0 Å². The molecule has 0 saturated heterocycles. The van der Waals surface area contributed by atoms with E-state index in [4.69, 9.17) is 0 Å². The zero-order valence-electron chi connectivity index (χ0n) is 6.71. The van der Waals surface area contributed by atoms with Gasteiger partial charge in [-0.3, -0.25) is 4.79 Å². The number of rotatable bonds is 3. The third-order valence-electron chi connectivity index (χ3n) is 1.89. The van der Waals surface area contributed by atoms with E-state index in [1.165, 1.54) is 5.57 Å². The van der Waals surface area contributed by atoms with Gasteiger partial charge in [0.05, 0.1) is 0 Å². The quantitative estimate of drug-likeness (QED) is 0.443. The van der Waals surface area contributed by atoms with Crippen LogP contribution in [0.25, 0.3) is 0 Å². The minimum absolute atomic E-state index is 0.478. The molecule has 1 atom stereocenters. The van der Waals surface area contributed by atoms with E-state index in [0.717, 1.165) is 12.7 Å². The maximum Gasteiger partial charge on any atom is 0.145 e. The first kappa shape index (κ1) is 7.99. The minimum atomic E-state index is 0.478. The summed E-state index contributed by atoms with van der Waals surface area (Å²) in [4.78, 5) is 10.3. The Hall–Kier alpha value is -1.11. The van der Waals surface area contributed by atoms with Crippen LogP contribution in [0.2, 0.25) is 0 Å². The van der Waals surface area contributed by atoms with E-state index in [2.05, 4.69) is 25.7 Å². The lowest BCUT2D eigenvalue weighted by Crippen LogP contribution is -1.94. The molecule has 58 valence electrons. The third kappa shape index (κ3) is 1.90. The van der Waals surface area contributed by atoms with Gasteiger partial charge in [0.2, 0.25) is 0 Å². The highest BCUT2D eigenvalue weighted by atomic mass is 16.1. The summed E-state index contributed by atoms with van der Waals surface area (Å²) >= 11 is 0. The fraction of sp³-hybridized carbons (Fsp3) is 0.300. The second-order valence-corrected chi connectivity index (χ2v) is 2.87. The zero-order valence-corrected chi connectivity index (χ0v) is 6.71. The molecule has 0 saturated carbocycles. The summed E-state index contributed by atoms with van der Waals surface area (Å²) < 4.78 is 0. The Kier molecular flexibility index (Phi) is 2.42. The van der Waals surface area contributed by atoms with Gasteiger partial charge in [0.25, 0.3) is 0 Å². The van der Waals surface area contributed by atoms with Crippen molar-refractivity contribution in [3.63, 3.8) is 0 Å². The Morgan fingerprint density at radius 1 is 1.82 bits per heavy atom. The summed E-state index contributed by atoms with van der Waals surface area (Å²) in [6.45, 7) is 5.75. The average molecular weight is 148 g/mol. The van der Waals surface area contributed by atoms with Gasteiger partial charge in [0, 0.05) is 0 Å².